The molecule has 0 fully saturated rings. The minimum atomic E-state index is -1.19. The molecule has 1 aromatic carbocycles. The Morgan fingerprint density at radius 2 is 2.24 bits per heavy atom. The predicted molar refractivity (Wildman–Crippen MR) is 61.9 cm³/mol. The van der Waals surface area contributed by atoms with Crippen LogP contribution in [0.3, 0.4) is 0 Å². The first-order chi connectivity index (χ1) is 7.97. The molecule has 1 aliphatic heterocycles. The zero-order valence-electron chi connectivity index (χ0n) is 8.76. The summed E-state index contributed by atoms with van der Waals surface area (Å²) in [4.78, 5) is 16.1. The molecule has 0 spiro atoms. The molecule has 1 aromatic rings. The van der Waals surface area contributed by atoms with Crippen molar-refractivity contribution in [2.75, 3.05) is 0 Å². The highest BCUT2D eigenvalue weighted by atomic mass is 35.5. The number of rotatable bonds is 2. The Morgan fingerprint density at radius 3 is 2.82 bits per heavy atom. The lowest BCUT2D eigenvalue weighted by molar-refractivity contribution is -0.109. The number of halogens is 3. The molecule has 1 heterocycles. The van der Waals surface area contributed by atoms with E-state index in [0.29, 0.717) is 0 Å². The number of hydrogen-bond donors (Lipinski definition) is 1. The van der Waals surface area contributed by atoms with Crippen LogP contribution in [0.1, 0.15) is 12.5 Å². The van der Waals surface area contributed by atoms with Gasteiger partial charge in [0.1, 0.15) is 17.6 Å². The second-order valence-electron chi connectivity index (χ2n) is 3.75. The molecule has 1 aliphatic rings. The van der Waals surface area contributed by atoms with Crippen LogP contribution in [0.4, 0.5) is 4.39 Å². The van der Waals surface area contributed by atoms with Crippen LogP contribution in [0.25, 0.3) is 0 Å². The highest BCUT2D eigenvalue weighted by molar-refractivity contribution is 6.68. The van der Waals surface area contributed by atoms with Crippen LogP contribution in [0.2, 0.25) is 5.02 Å². The Labute approximate surface area is 107 Å². The maximum Gasteiger partial charge on any atom is 0.253 e. The summed E-state index contributed by atoms with van der Waals surface area (Å²) < 4.78 is 13.8. The lowest BCUT2D eigenvalue weighted by Crippen LogP contribution is -2.38. The van der Waals surface area contributed by atoms with E-state index < -0.39 is 16.6 Å². The molecule has 0 saturated carbocycles. The Hall–Kier alpha value is -1.10. The van der Waals surface area contributed by atoms with Gasteiger partial charge in [0, 0.05) is 10.6 Å². The van der Waals surface area contributed by atoms with Crippen molar-refractivity contribution in [1.29, 1.82) is 0 Å². The topological polar surface area (TPSA) is 38.3 Å². The zero-order chi connectivity index (χ0) is 12.6. The molecule has 0 bridgehead atoms. The minimum Gasteiger partial charge on any atom is -0.415 e. The van der Waals surface area contributed by atoms with Gasteiger partial charge in [-0.25, -0.2) is 4.39 Å². The summed E-state index contributed by atoms with van der Waals surface area (Å²) >= 11 is 11.4. The zero-order valence-corrected chi connectivity index (χ0v) is 10.3. The largest absolute Gasteiger partial charge is 0.415 e. The number of benzene rings is 1. The van der Waals surface area contributed by atoms with Gasteiger partial charge < -0.3 is 4.84 Å². The van der Waals surface area contributed by atoms with Gasteiger partial charge in [0.25, 0.3) is 5.24 Å². The van der Waals surface area contributed by atoms with Gasteiger partial charge in [-0.05, 0) is 30.7 Å². The first kappa shape index (κ1) is 12.4. The number of hydrogen-bond acceptors (Lipinski definition) is 3. The summed E-state index contributed by atoms with van der Waals surface area (Å²) in [6, 6.07) is 4.26. The van der Waals surface area contributed by atoms with E-state index in [1.165, 1.54) is 18.2 Å². The van der Waals surface area contributed by atoms with Gasteiger partial charge in [-0.15, -0.1) is 5.48 Å². The molecule has 2 rings (SSSR count). The van der Waals surface area contributed by atoms with Crippen molar-refractivity contribution in [3.8, 4) is 0 Å². The van der Waals surface area contributed by atoms with Gasteiger partial charge in [0.15, 0.2) is 0 Å². The third-order valence-corrected chi connectivity index (χ3v) is 3.17. The average molecular weight is 276 g/mol. The van der Waals surface area contributed by atoms with Crippen molar-refractivity contribution >= 4 is 28.4 Å². The van der Waals surface area contributed by atoms with E-state index in [0.717, 1.165) is 6.26 Å². The molecule has 0 radical (unpaired) electrons. The summed E-state index contributed by atoms with van der Waals surface area (Å²) in [7, 11) is 0. The summed E-state index contributed by atoms with van der Waals surface area (Å²) in [6.07, 6.45) is 1.15. The fraction of sp³-hybridized carbons (Fsp3) is 0.182. The predicted octanol–water partition coefficient (Wildman–Crippen LogP) is 2.88. The monoisotopic (exact) mass is 275 g/mol. The van der Waals surface area contributed by atoms with Gasteiger partial charge in [-0.2, -0.15) is 0 Å². The maximum atomic E-state index is 13.8. The molecule has 1 unspecified atom stereocenters. The second kappa shape index (κ2) is 4.29. The first-order valence-corrected chi connectivity index (χ1v) is 5.50. The standard InChI is InChI=1S/C11H8Cl2FNO2/c1-11(6(10(13)16)5-17-15-11)9-7(12)3-2-4-8(9)14/h2-5,15H,1H3. The van der Waals surface area contributed by atoms with E-state index in [1.54, 1.807) is 6.92 Å². The van der Waals surface area contributed by atoms with E-state index in [2.05, 4.69) is 5.48 Å². The summed E-state index contributed by atoms with van der Waals surface area (Å²) in [5, 5.41) is -0.536. The Bertz CT molecular complexity index is 498. The molecule has 1 N–H and O–H groups in total. The SMILES string of the molecule is CC1(c2c(F)cccc2Cl)NOC=C1C(=O)Cl. The molecular weight excluding hydrogens is 268 g/mol. The molecule has 0 aliphatic carbocycles. The van der Waals surface area contributed by atoms with Crippen molar-refractivity contribution < 1.29 is 14.0 Å². The molecule has 0 amide bonds. The van der Waals surface area contributed by atoms with Crippen LogP contribution < -0.4 is 5.48 Å². The van der Waals surface area contributed by atoms with Gasteiger partial charge in [-0.1, -0.05) is 17.7 Å². The first-order valence-electron chi connectivity index (χ1n) is 4.74. The highest BCUT2D eigenvalue weighted by Crippen LogP contribution is 2.39. The van der Waals surface area contributed by atoms with Gasteiger partial charge >= 0.3 is 0 Å². The van der Waals surface area contributed by atoms with Gasteiger partial charge in [-0.3, -0.25) is 4.79 Å². The highest BCUT2D eigenvalue weighted by Gasteiger charge is 2.42. The third-order valence-electron chi connectivity index (χ3n) is 2.65. The lowest BCUT2D eigenvalue weighted by atomic mass is 9.86. The van der Waals surface area contributed by atoms with Crippen LogP contribution in [-0.2, 0) is 15.2 Å². The molecular formula is C11H8Cl2FNO2. The van der Waals surface area contributed by atoms with Crippen LogP contribution >= 0.6 is 23.2 Å². The van der Waals surface area contributed by atoms with Crippen LogP contribution in [0.15, 0.2) is 30.0 Å². The Balaban J connectivity index is 2.60. The van der Waals surface area contributed by atoms with E-state index in [1.807, 2.05) is 0 Å². The molecule has 0 saturated heterocycles. The fourth-order valence-electron chi connectivity index (χ4n) is 1.78. The minimum absolute atomic E-state index is 0.103. The van der Waals surface area contributed by atoms with E-state index in [4.69, 9.17) is 28.0 Å². The molecule has 17 heavy (non-hydrogen) atoms. The Kier molecular flexibility index (Phi) is 3.12. The molecule has 1 atom stereocenters. The van der Waals surface area contributed by atoms with E-state index in [-0.39, 0.29) is 16.2 Å². The van der Waals surface area contributed by atoms with Crippen LogP contribution in [0, 0.1) is 5.82 Å². The molecule has 90 valence electrons. The number of carbonyl (C=O) groups excluding carboxylic acids is 1. The molecule has 6 heteroatoms. The quantitative estimate of drug-likeness (QED) is 0.844. The third kappa shape index (κ3) is 1.92. The van der Waals surface area contributed by atoms with Gasteiger partial charge in [0.05, 0.1) is 5.57 Å². The number of hydroxylamine groups is 1. The van der Waals surface area contributed by atoms with Crippen LogP contribution in [0.5, 0.6) is 0 Å². The maximum absolute atomic E-state index is 13.8. The second-order valence-corrected chi connectivity index (χ2v) is 4.50. The van der Waals surface area contributed by atoms with Crippen molar-refractivity contribution in [3.63, 3.8) is 0 Å². The summed E-state index contributed by atoms with van der Waals surface area (Å²) in [6.45, 7) is 1.57. The van der Waals surface area contributed by atoms with E-state index >= 15 is 0 Å². The van der Waals surface area contributed by atoms with Crippen molar-refractivity contribution in [2.45, 2.75) is 12.5 Å². The summed E-state index contributed by atoms with van der Waals surface area (Å²) in [5.74, 6) is -0.540. The van der Waals surface area contributed by atoms with E-state index in [9.17, 15) is 9.18 Å². The normalized spacial score (nSPS) is 23.2. The number of nitrogens with one attached hydrogen (secondary N) is 1. The fourth-order valence-corrected chi connectivity index (χ4v) is 2.37. The Morgan fingerprint density at radius 1 is 1.53 bits per heavy atom. The summed E-state index contributed by atoms with van der Waals surface area (Å²) in [5.41, 5.74) is 1.57. The van der Waals surface area contributed by atoms with Crippen LogP contribution in [-0.4, -0.2) is 5.24 Å². The van der Waals surface area contributed by atoms with Crippen molar-refractivity contribution in [1.82, 2.24) is 5.48 Å². The van der Waals surface area contributed by atoms with Gasteiger partial charge in [0.2, 0.25) is 0 Å². The van der Waals surface area contributed by atoms with Crippen molar-refractivity contribution in [3.05, 3.63) is 46.4 Å². The molecule has 0 aromatic heterocycles. The molecule has 3 nitrogen and oxygen atoms in total. The number of carbonyl (C=O) groups is 1. The average Bonchev–Trinajstić information content (AvgIpc) is 2.60. The van der Waals surface area contributed by atoms with Crippen molar-refractivity contribution in [2.24, 2.45) is 0 Å². The smallest absolute Gasteiger partial charge is 0.253 e. The lowest BCUT2D eigenvalue weighted by Gasteiger charge is -2.26.